The minimum Gasteiger partial charge on any atom is -0.379 e. The van der Waals surface area contributed by atoms with E-state index in [1.807, 2.05) is 12.3 Å². The van der Waals surface area contributed by atoms with Gasteiger partial charge >= 0.3 is 0 Å². The van der Waals surface area contributed by atoms with Gasteiger partial charge in [0.05, 0.1) is 18.3 Å². The van der Waals surface area contributed by atoms with Gasteiger partial charge in [-0.2, -0.15) is 5.10 Å². The van der Waals surface area contributed by atoms with Crippen LogP contribution in [-0.2, 0) is 4.74 Å². The SMILES string of the molecule is C=C(c1ccnn1C1CCOC1)C(C)(C)C. The molecule has 0 aliphatic carbocycles. The van der Waals surface area contributed by atoms with Crippen molar-refractivity contribution in [1.29, 1.82) is 0 Å². The molecule has 2 heterocycles. The van der Waals surface area contributed by atoms with Crippen LogP contribution in [-0.4, -0.2) is 23.0 Å². The third kappa shape index (κ3) is 2.05. The van der Waals surface area contributed by atoms with Crippen molar-refractivity contribution in [1.82, 2.24) is 9.78 Å². The summed E-state index contributed by atoms with van der Waals surface area (Å²) >= 11 is 0. The first-order valence-electron chi connectivity index (χ1n) is 5.81. The Labute approximate surface area is 97.1 Å². The quantitative estimate of drug-likeness (QED) is 0.766. The van der Waals surface area contributed by atoms with Crippen LogP contribution in [0.25, 0.3) is 5.57 Å². The Balaban J connectivity index is 2.28. The van der Waals surface area contributed by atoms with E-state index in [-0.39, 0.29) is 5.41 Å². The predicted octanol–water partition coefficient (Wildman–Crippen LogP) is 2.90. The lowest BCUT2D eigenvalue weighted by Gasteiger charge is -2.24. The molecule has 16 heavy (non-hydrogen) atoms. The summed E-state index contributed by atoms with van der Waals surface area (Å²) in [5.41, 5.74) is 2.36. The van der Waals surface area contributed by atoms with Gasteiger partial charge < -0.3 is 4.74 Å². The van der Waals surface area contributed by atoms with Crippen LogP contribution in [0.2, 0.25) is 0 Å². The Kier molecular flexibility index (Phi) is 2.89. The van der Waals surface area contributed by atoms with Crippen molar-refractivity contribution < 1.29 is 4.74 Å². The second kappa shape index (κ2) is 4.06. The van der Waals surface area contributed by atoms with Crippen molar-refractivity contribution in [2.75, 3.05) is 13.2 Å². The monoisotopic (exact) mass is 220 g/mol. The lowest BCUT2D eigenvalue weighted by atomic mass is 9.85. The number of aromatic nitrogens is 2. The van der Waals surface area contributed by atoms with Crippen LogP contribution in [0, 0.1) is 5.41 Å². The van der Waals surface area contributed by atoms with Crippen molar-refractivity contribution >= 4 is 5.57 Å². The van der Waals surface area contributed by atoms with Gasteiger partial charge in [0.1, 0.15) is 0 Å². The Morgan fingerprint density at radius 3 is 2.88 bits per heavy atom. The zero-order chi connectivity index (χ0) is 11.8. The van der Waals surface area contributed by atoms with Gasteiger partial charge in [-0.05, 0) is 23.5 Å². The molecular formula is C13H20N2O. The highest BCUT2D eigenvalue weighted by Crippen LogP contribution is 2.34. The lowest BCUT2D eigenvalue weighted by molar-refractivity contribution is 0.184. The standard InChI is InChI=1S/C13H20N2O/c1-10(13(2,3)4)12-5-7-14-15(12)11-6-8-16-9-11/h5,7,11H,1,6,8-9H2,2-4H3. The summed E-state index contributed by atoms with van der Waals surface area (Å²) in [6.07, 6.45) is 2.90. The van der Waals surface area contributed by atoms with Crippen molar-refractivity contribution in [2.45, 2.75) is 33.2 Å². The molecule has 3 heteroatoms. The summed E-state index contributed by atoms with van der Waals surface area (Å²) in [4.78, 5) is 0. The van der Waals surface area contributed by atoms with Gasteiger partial charge in [0, 0.05) is 12.8 Å². The van der Waals surface area contributed by atoms with Crippen LogP contribution in [0.15, 0.2) is 18.8 Å². The first-order chi connectivity index (χ1) is 7.50. The molecule has 1 fully saturated rings. The van der Waals surface area contributed by atoms with E-state index in [9.17, 15) is 0 Å². The molecule has 0 amide bonds. The topological polar surface area (TPSA) is 27.1 Å². The Bertz CT molecular complexity index is 381. The van der Waals surface area contributed by atoms with Crippen molar-refractivity contribution in [2.24, 2.45) is 5.41 Å². The molecule has 2 rings (SSSR count). The van der Waals surface area contributed by atoms with E-state index in [1.165, 1.54) is 0 Å². The van der Waals surface area contributed by atoms with Gasteiger partial charge in [0.15, 0.2) is 0 Å². The minimum atomic E-state index is 0.0806. The molecule has 1 atom stereocenters. The molecule has 1 saturated heterocycles. The average molecular weight is 220 g/mol. The summed E-state index contributed by atoms with van der Waals surface area (Å²) in [5.74, 6) is 0. The van der Waals surface area contributed by atoms with Gasteiger partial charge in [-0.3, -0.25) is 4.68 Å². The van der Waals surface area contributed by atoms with E-state index < -0.39 is 0 Å². The van der Waals surface area contributed by atoms with Crippen molar-refractivity contribution in [3.63, 3.8) is 0 Å². The highest BCUT2D eigenvalue weighted by molar-refractivity contribution is 5.64. The number of allylic oxidation sites excluding steroid dienone is 1. The van der Waals surface area contributed by atoms with Gasteiger partial charge in [0.25, 0.3) is 0 Å². The number of hydrogen-bond donors (Lipinski definition) is 0. The summed E-state index contributed by atoms with van der Waals surface area (Å²) in [5, 5.41) is 4.41. The van der Waals surface area contributed by atoms with Crippen molar-refractivity contribution in [3.8, 4) is 0 Å². The fourth-order valence-corrected chi connectivity index (χ4v) is 1.94. The molecule has 1 unspecified atom stereocenters. The zero-order valence-corrected chi connectivity index (χ0v) is 10.4. The van der Waals surface area contributed by atoms with Crippen LogP contribution in [0.1, 0.15) is 38.9 Å². The molecule has 0 bridgehead atoms. The fourth-order valence-electron chi connectivity index (χ4n) is 1.94. The summed E-state index contributed by atoms with van der Waals surface area (Å²) in [6, 6.07) is 2.43. The first-order valence-corrected chi connectivity index (χ1v) is 5.81. The molecule has 0 spiro atoms. The molecule has 0 radical (unpaired) electrons. The summed E-state index contributed by atoms with van der Waals surface area (Å²) in [6.45, 7) is 12.3. The number of ether oxygens (including phenoxy) is 1. The van der Waals surface area contributed by atoms with Crippen LogP contribution < -0.4 is 0 Å². The normalized spacial score (nSPS) is 21.3. The number of nitrogens with zero attached hydrogens (tertiary/aromatic N) is 2. The molecule has 0 aromatic carbocycles. The second-order valence-electron chi connectivity index (χ2n) is 5.41. The van der Waals surface area contributed by atoms with E-state index >= 15 is 0 Å². The summed E-state index contributed by atoms with van der Waals surface area (Å²) in [7, 11) is 0. The third-order valence-electron chi connectivity index (χ3n) is 3.14. The molecular weight excluding hydrogens is 200 g/mol. The predicted molar refractivity (Wildman–Crippen MR) is 65.2 cm³/mol. The number of rotatable bonds is 2. The Morgan fingerprint density at radius 2 is 2.31 bits per heavy atom. The largest absolute Gasteiger partial charge is 0.379 e. The van der Waals surface area contributed by atoms with E-state index in [0.717, 1.165) is 30.9 Å². The minimum absolute atomic E-state index is 0.0806. The maximum absolute atomic E-state index is 5.41. The molecule has 0 saturated carbocycles. The molecule has 1 aromatic heterocycles. The average Bonchev–Trinajstić information content (AvgIpc) is 2.85. The Hall–Kier alpha value is -1.09. The lowest BCUT2D eigenvalue weighted by Crippen LogP contribution is -2.17. The maximum atomic E-state index is 5.41. The third-order valence-corrected chi connectivity index (χ3v) is 3.14. The Morgan fingerprint density at radius 1 is 1.56 bits per heavy atom. The van der Waals surface area contributed by atoms with Crippen LogP contribution >= 0.6 is 0 Å². The van der Waals surface area contributed by atoms with E-state index in [0.29, 0.717) is 6.04 Å². The van der Waals surface area contributed by atoms with Gasteiger partial charge in [-0.15, -0.1) is 0 Å². The maximum Gasteiger partial charge on any atom is 0.0781 e. The number of hydrogen-bond acceptors (Lipinski definition) is 2. The molecule has 1 aliphatic rings. The van der Waals surface area contributed by atoms with Crippen LogP contribution in [0.4, 0.5) is 0 Å². The van der Waals surface area contributed by atoms with Crippen LogP contribution in [0.3, 0.4) is 0 Å². The van der Waals surface area contributed by atoms with Crippen molar-refractivity contribution in [3.05, 3.63) is 24.5 Å². The van der Waals surface area contributed by atoms with E-state index in [2.05, 4.69) is 37.1 Å². The second-order valence-corrected chi connectivity index (χ2v) is 5.41. The zero-order valence-electron chi connectivity index (χ0n) is 10.4. The molecule has 3 nitrogen and oxygen atoms in total. The smallest absolute Gasteiger partial charge is 0.0781 e. The fraction of sp³-hybridized carbons (Fsp3) is 0.615. The molecule has 88 valence electrons. The highest BCUT2D eigenvalue weighted by atomic mass is 16.5. The van der Waals surface area contributed by atoms with E-state index in [4.69, 9.17) is 4.74 Å². The van der Waals surface area contributed by atoms with Gasteiger partial charge in [0.2, 0.25) is 0 Å². The highest BCUT2D eigenvalue weighted by Gasteiger charge is 2.25. The molecule has 0 N–H and O–H groups in total. The summed E-state index contributed by atoms with van der Waals surface area (Å²) < 4.78 is 7.48. The molecule has 1 aromatic rings. The van der Waals surface area contributed by atoms with Gasteiger partial charge in [-0.25, -0.2) is 0 Å². The first kappa shape index (κ1) is 11.4. The van der Waals surface area contributed by atoms with Crippen LogP contribution in [0.5, 0.6) is 0 Å². The molecule has 1 aliphatic heterocycles. The van der Waals surface area contributed by atoms with Gasteiger partial charge in [-0.1, -0.05) is 27.4 Å². The van der Waals surface area contributed by atoms with E-state index in [1.54, 1.807) is 0 Å².